The van der Waals surface area contributed by atoms with Crippen LogP contribution in [0.3, 0.4) is 0 Å². The zero-order valence-corrected chi connectivity index (χ0v) is 16.8. The third kappa shape index (κ3) is 6.45. The van der Waals surface area contributed by atoms with E-state index in [-0.39, 0.29) is 18.4 Å². The van der Waals surface area contributed by atoms with Crippen molar-refractivity contribution in [2.45, 2.75) is 31.8 Å². The number of carbonyl (C=O) groups excluding carboxylic acids is 3. The van der Waals surface area contributed by atoms with E-state index in [0.717, 1.165) is 10.0 Å². The van der Waals surface area contributed by atoms with Gasteiger partial charge in [-0.3, -0.25) is 14.4 Å². The zero-order chi connectivity index (χ0) is 20.7. The molecule has 0 spiro atoms. The molecule has 8 heteroatoms. The minimum Gasteiger partial charge on any atom is -0.368 e. The number of carbonyl (C=O) groups is 3. The van der Waals surface area contributed by atoms with Crippen LogP contribution in [0.25, 0.3) is 0 Å². The summed E-state index contributed by atoms with van der Waals surface area (Å²) in [7, 11) is 0. The molecule has 0 fully saturated rings. The smallest absolute Gasteiger partial charge is 0.243 e. The minimum absolute atomic E-state index is 0.0551. The van der Waals surface area contributed by atoms with Gasteiger partial charge in [-0.05, 0) is 29.3 Å². The zero-order valence-electron chi connectivity index (χ0n) is 15.2. The number of rotatable bonds is 8. The summed E-state index contributed by atoms with van der Waals surface area (Å²) in [5.74, 6) is -2.25. The van der Waals surface area contributed by atoms with Gasteiger partial charge in [0.05, 0.1) is 0 Å². The Labute approximate surface area is 170 Å². The highest BCUT2D eigenvalue weighted by atomic mass is 79.9. The second-order valence-corrected chi connectivity index (χ2v) is 7.26. The molecule has 2 atom stereocenters. The van der Waals surface area contributed by atoms with Crippen LogP contribution in [0, 0.1) is 5.82 Å². The predicted molar refractivity (Wildman–Crippen MR) is 107 cm³/mol. The van der Waals surface area contributed by atoms with Crippen LogP contribution in [-0.2, 0) is 27.2 Å². The van der Waals surface area contributed by atoms with Gasteiger partial charge in [-0.25, -0.2) is 4.39 Å². The van der Waals surface area contributed by atoms with E-state index in [9.17, 15) is 18.8 Å². The molecule has 3 amide bonds. The summed E-state index contributed by atoms with van der Waals surface area (Å²) in [4.78, 5) is 36.0. The Bertz CT molecular complexity index is 875. The Morgan fingerprint density at radius 3 is 2.36 bits per heavy atom. The topological polar surface area (TPSA) is 101 Å². The van der Waals surface area contributed by atoms with E-state index in [2.05, 4.69) is 26.6 Å². The van der Waals surface area contributed by atoms with Crippen LogP contribution in [-0.4, -0.2) is 29.8 Å². The molecule has 2 rings (SSSR count). The summed E-state index contributed by atoms with van der Waals surface area (Å²) in [5.41, 5.74) is 6.51. The van der Waals surface area contributed by atoms with Crippen LogP contribution in [0.2, 0.25) is 0 Å². The van der Waals surface area contributed by atoms with Crippen molar-refractivity contribution in [1.29, 1.82) is 0 Å². The van der Waals surface area contributed by atoms with Crippen LogP contribution < -0.4 is 16.4 Å². The summed E-state index contributed by atoms with van der Waals surface area (Å²) in [6.07, 6.45) is 0.132. The van der Waals surface area contributed by atoms with Gasteiger partial charge in [0, 0.05) is 24.2 Å². The molecule has 2 aromatic rings. The molecule has 0 bridgehead atoms. The van der Waals surface area contributed by atoms with E-state index in [1.165, 1.54) is 25.1 Å². The van der Waals surface area contributed by atoms with Crippen molar-refractivity contribution in [3.8, 4) is 0 Å². The van der Waals surface area contributed by atoms with E-state index in [1.807, 2.05) is 12.1 Å². The maximum absolute atomic E-state index is 13.9. The second-order valence-electron chi connectivity index (χ2n) is 6.35. The molecule has 6 nitrogen and oxygen atoms in total. The van der Waals surface area contributed by atoms with Gasteiger partial charge in [0.15, 0.2) is 0 Å². The number of hydrogen-bond donors (Lipinski definition) is 3. The number of halogens is 2. The number of benzene rings is 2. The molecular weight excluding hydrogens is 429 g/mol. The lowest BCUT2D eigenvalue weighted by Crippen LogP contribution is -2.54. The summed E-state index contributed by atoms with van der Waals surface area (Å²) in [5, 5.41) is 5.06. The fraction of sp³-hybridized carbons (Fsp3) is 0.250. The maximum Gasteiger partial charge on any atom is 0.243 e. The molecule has 0 aliphatic heterocycles. The van der Waals surface area contributed by atoms with Gasteiger partial charge in [0.1, 0.15) is 17.9 Å². The highest BCUT2D eigenvalue weighted by molar-refractivity contribution is 9.10. The first-order valence-electron chi connectivity index (χ1n) is 8.61. The maximum atomic E-state index is 13.9. The number of nitrogens with one attached hydrogen (secondary N) is 2. The molecule has 0 saturated heterocycles. The third-order valence-corrected chi connectivity index (χ3v) is 4.56. The Hall–Kier alpha value is -2.74. The average molecular weight is 450 g/mol. The standard InChI is InChI=1S/C20H21BrFN3O3/c1-12(26)24-18(11-14-6-2-3-8-16(14)22)20(28)25-17(19(23)27)10-13-5-4-7-15(21)9-13/h2-9,17-18H,10-11H2,1H3,(H2,23,27)(H,24,26)(H,25,28)/t17-,18-/m0/s1. The molecule has 4 N–H and O–H groups in total. The molecule has 0 saturated carbocycles. The molecule has 0 aliphatic carbocycles. The number of primary amides is 1. The van der Waals surface area contributed by atoms with E-state index in [0.29, 0.717) is 0 Å². The SMILES string of the molecule is CC(=O)N[C@@H](Cc1ccccc1F)C(=O)N[C@@H](Cc1cccc(Br)c1)C(N)=O. The molecule has 2 aromatic carbocycles. The van der Waals surface area contributed by atoms with Crippen molar-refractivity contribution >= 4 is 33.7 Å². The fourth-order valence-corrected chi connectivity index (χ4v) is 3.18. The van der Waals surface area contributed by atoms with E-state index < -0.39 is 35.6 Å². The Kier molecular flexibility index (Phi) is 7.69. The van der Waals surface area contributed by atoms with Gasteiger partial charge in [-0.15, -0.1) is 0 Å². The summed E-state index contributed by atoms with van der Waals surface area (Å²) in [6.45, 7) is 1.26. The minimum atomic E-state index is -1.04. The van der Waals surface area contributed by atoms with Crippen LogP contribution in [0.1, 0.15) is 18.1 Å². The van der Waals surface area contributed by atoms with E-state index >= 15 is 0 Å². The average Bonchev–Trinajstić information content (AvgIpc) is 2.62. The number of nitrogens with two attached hydrogens (primary N) is 1. The quantitative estimate of drug-likeness (QED) is 0.572. The lowest BCUT2D eigenvalue weighted by atomic mass is 10.0. The van der Waals surface area contributed by atoms with Crippen LogP contribution in [0.15, 0.2) is 53.0 Å². The Balaban J connectivity index is 2.15. The number of hydrogen-bond acceptors (Lipinski definition) is 3. The molecule has 0 aliphatic rings. The molecule has 28 heavy (non-hydrogen) atoms. The van der Waals surface area contributed by atoms with Gasteiger partial charge >= 0.3 is 0 Å². The largest absolute Gasteiger partial charge is 0.368 e. The van der Waals surface area contributed by atoms with E-state index in [4.69, 9.17) is 5.73 Å². The Morgan fingerprint density at radius 1 is 1.04 bits per heavy atom. The van der Waals surface area contributed by atoms with Gasteiger partial charge in [0.25, 0.3) is 0 Å². The first-order valence-corrected chi connectivity index (χ1v) is 9.40. The molecule has 0 heterocycles. The van der Waals surface area contributed by atoms with Crippen LogP contribution in [0.4, 0.5) is 4.39 Å². The molecule has 0 radical (unpaired) electrons. The van der Waals surface area contributed by atoms with Gasteiger partial charge < -0.3 is 16.4 Å². The van der Waals surface area contributed by atoms with Gasteiger partial charge in [0.2, 0.25) is 17.7 Å². The van der Waals surface area contributed by atoms with Gasteiger partial charge in [-0.2, -0.15) is 0 Å². The number of amides is 3. The van der Waals surface area contributed by atoms with E-state index in [1.54, 1.807) is 18.2 Å². The van der Waals surface area contributed by atoms with Crippen molar-refractivity contribution in [3.63, 3.8) is 0 Å². The molecular formula is C20H21BrFN3O3. The lowest BCUT2D eigenvalue weighted by Gasteiger charge is -2.22. The monoisotopic (exact) mass is 449 g/mol. The molecule has 148 valence electrons. The second kappa shape index (κ2) is 9.98. The fourth-order valence-electron chi connectivity index (χ4n) is 2.73. The Morgan fingerprint density at radius 2 is 1.75 bits per heavy atom. The molecule has 0 aromatic heterocycles. The predicted octanol–water partition coefficient (Wildman–Crippen LogP) is 1.85. The van der Waals surface area contributed by atoms with Crippen LogP contribution in [0.5, 0.6) is 0 Å². The van der Waals surface area contributed by atoms with Crippen molar-refractivity contribution in [2.24, 2.45) is 5.73 Å². The summed E-state index contributed by atoms with van der Waals surface area (Å²) < 4.78 is 14.8. The van der Waals surface area contributed by atoms with Crippen molar-refractivity contribution in [3.05, 3.63) is 69.9 Å². The summed E-state index contributed by atoms with van der Waals surface area (Å²) in [6, 6.07) is 11.2. The first-order chi connectivity index (χ1) is 13.3. The highest BCUT2D eigenvalue weighted by Crippen LogP contribution is 2.14. The third-order valence-electron chi connectivity index (χ3n) is 4.06. The molecule has 0 unspecified atom stereocenters. The normalized spacial score (nSPS) is 12.7. The highest BCUT2D eigenvalue weighted by Gasteiger charge is 2.26. The van der Waals surface area contributed by atoms with Crippen molar-refractivity contribution in [1.82, 2.24) is 10.6 Å². The van der Waals surface area contributed by atoms with Gasteiger partial charge in [-0.1, -0.05) is 46.3 Å². The van der Waals surface area contributed by atoms with Crippen molar-refractivity contribution < 1.29 is 18.8 Å². The van der Waals surface area contributed by atoms with Crippen molar-refractivity contribution in [2.75, 3.05) is 0 Å². The lowest BCUT2D eigenvalue weighted by molar-refractivity contribution is -0.130. The summed E-state index contributed by atoms with van der Waals surface area (Å²) >= 11 is 3.35. The van der Waals surface area contributed by atoms with Crippen LogP contribution >= 0.6 is 15.9 Å². The first kappa shape index (κ1) is 21.6.